The van der Waals surface area contributed by atoms with Gasteiger partial charge in [-0.05, 0) is 25.0 Å². The summed E-state index contributed by atoms with van der Waals surface area (Å²) in [5.74, 6) is -1.01. The molecule has 1 amide bonds. The second-order valence-electron chi connectivity index (χ2n) is 5.64. The molecule has 0 spiro atoms. The lowest BCUT2D eigenvalue weighted by Gasteiger charge is -2.33. The van der Waals surface area contributed by atoms with Gasteiger partial charge in [0.25, 0.3) is 0 Å². The number of benzene rings is 1. The molecule has 2 rings (SSSR count). The minimum absolute atomic E-state index is 0.0552. The predicted molar refractivity (Wildman–Crippen MR) is 86.3 cm³/mol. The highest BCUT2D eigenvalue weighted by molar-refractivity contribution is 6.08. The lowest BCUT2D eigenvalue weighted by Crippen LogP contribution is -2.59. The Kier molecular flexibility index (Phi) is 5.15. The fraction of sp³-hybridized carbons (Fsp3) is 0.471. The molecule has 0 fully saturated rings. The average Bonchev–Trinajstić information content (AvgIpc) is 2.61. The second-order valence-corrected chi connectivity index (χ2v) is 5.64. The molecule has 0 radical (unpaired) electrons. The summed E-state index contributed by atoms with van der Waals surface area (Å²) in [4.78, 5) is 37.4. The lowest BCUT2D eigenvalue weighted by atomic mass is 9.90. The van der Waals surface area contributed by atoms with E-state index in [1.165, 1.54) is 7.11 Å². The Morgan fingerprint density at radius 3 is 2.52 bits per heavy atom. The molecule has 2 N–H and O–H groups in total. The maximum atomic E-state index is 12.8. The van der Waals surface area contributed by atoms with E-state index in [1.54, 1.807) is 24.3 Å². The first-order valence-corrected chi connectivity index (χ1v) is 7.76. The summed E-state index contributed by atoms with van der Waals surface area (Å²) in [6, 6.07) is 5.98. The lowest BCUT2D eigenvalue weighted by molar-refractivity contribution is -0.144. The molecule has 0 saturated carbocycles. The number of amides is 1. The van der Waals surface area contributed by atoms with Crippen molar-refractivity contribution in [3.63, 3.8) is 0 Å². The molecule has 124 valence electrons. The number of nitrogens with one attached hydrogen (secondary N) is 2. The summed E-state index contributed by atoms with van der Waals surface area (Å²) < 4.78 is 4.80. The molecule has 6 heteroatoms. The van der Waals surface area contributed by atoms with Crippen LogP contribution < -0.4 is 10.6 Å². The zero-order valence-electron chi connectivity index (χ0n) is 13.6. The topological polar surface area (TPSA) is 84.5 Å². The number of ketones is 1. The summed E-state index contributed by atoms with van der Waals surface area (Å²) in [5.41, 5.74) is -0.0583. The number of esters is 1. The number of rotatable bonds is 3. The van der Waals surface area contributed by atoms with Crippen LogP contribution in [0.2, 0.25) is 0 Å². The molecule has 0 aliphatic carbocycles. The van der Waals surface area contributed by atoms with Crippen LogP contribution in [0.15, 0.2) is 24.3 Å². The van der Waals surface area contributed by atoms with E-state index in [2.05, 4.69) is 10.6 Å². The quantitative estimate of drug-likeness (QED) is 0.832. The van der Waals surface area contributed by atoms with Gasteiger partial charge in [-0.3, -0.25) is 19.7 Å². The van der Waals surface area contributed by atoms with Crippen LogP contribution >= 0.6 is 0 Å². The summed E-state index contributed by atoms with van der Waals surface area (Å²) in [5, 5.41) is 5.90. The highest BCUT2D eigenvalue weighted by atomic mass is 16.5. The van der Waals surface area contributed by atoms with E-state index in [0.29, 0.717) is 24.1 Å². The third-order valence-electron chi connectivity index (χ3n) is 4.44. The van der Waals surface area contributed by atoms with Crippen LogP contribution in [0.25, 0.3) is 0 Å². The van der Waals surface area contributed by atoms with Crippen molar-refractivity contribution in [2.75, 3.05) is 12.4 Å². The summed E-state index contributed by atoms with van der Waals surface area (Å²) in [6.07, 6.45) is 0.915. The van der Waals surface area contributed by atoms with Gasteiger partial charge in [-0.2, -0.15) is 0 Å². The molecule has 0 saturated heterocycles. The molecule has 6 nitrogen and oxygen atoms in total. The standard InChI is InChI=1S/C17H22N2O4/c1-4-17(5-2)16(22)18-12-9-7-6-8-11(12)14(20)10-13(19-17)15(21)23-3/h6-9,13,19H,4-5,10H2,1-3H3,(H,18,22). The number of carbonyl (C=O) groups is 3. The van der Waals surface area contributed by atoms with E-state index in [1.807, 2.05) is 13.8 Å². The van der Waals surface area contributed by atoms with Crippen molar-refractivity contribution in [3.8, 4) is 0 Å². The van der Waals surface area contributed by atoms with Crippen molar-refractivity contribution >= 4 is 23.3 Å². The number of ether oxygens (including phenoxy) is 1. The van der Waals surface area contributed by atoms with E-state index in [-0.39, 0.29) is 18.1 Å². The maximum Gasteiger partial charge on any atom is 0.323 e. The number of hydrogen-bond acceptors (Lipinski definition) is 5. The number of anilines is 1. The average molecular weight is 318 g/mol. The minimum Gasteiger partial charge on any atom is -0.468 e. The zero-order chi connectivity index (χ0) is 17.0. The Morgan fingerprint density at radius 1 is 1.26 bits per heavy atom. The molecule has 1 aromatic rings. The van der Waals surface area contributed by atoms with Crippen molar-refractivity contribution in [2.45, 2.75) is 44.7 Å². The molecule has 0 aromatic heterocycles. The maximum absolute atomic E-state index is 12.8. The molecule has 1 atom stereocenters. The molecular formula is C17H22N2O4. The van der Waals surface area contributed by atoms with Crippen LogP contribution in [0.3, 0.4) is 0 Å². The monoisotopic (exact) mass is 318 g/mol. The Morgan fingerprint density at radius 2 is 1.91 bits per heavy atom. The molecule has 1 aromatic carbocycles. The number of carbonyl (C=O) groups excluding carboxylic acids is 3. The molecular weight excluding hydrogens is 296 g/mol. The number of Topliss-reactive ketones (excluding diaryl/α,β-unsaturated/α-hetero) is 1. The first kappa shape index (κ1) is 17.1. The van der Waals surface area contributed by atoms with Gasteiger partial charge in [-0.1, -0.05) is 26.0 Å². The number of fused-ring (bicyclic) bond motifs is 1. The Hall–Kier alpha value is -2.21. The predicted octanol–water partition coefficient (Wildman–Crippen LogP) is 1.90. The fourth-order valence-electron chi connectivity index (χ4n) is 2.88. The van der Waals surface area contributed by atoms with Crippen LogP contribution in [0, 0.1) is 0 Å². The summed E-state index contributed by atoms with van der Waals surface area (Å²) in [6.45, 7) is 3.74. The third-order valence-corrected chi connectivity index (χ3v) is 4.44. The van der Waals surface area contributed by atoms with Gasteiger partial charge in [0.1, 0.15) is 6.04 Å². The van der Waals surface area contributed by atoms with E-state index in [4.69, 9.17) is 4.74 Å². The van der Waals surface area contributed by atoms with Crippen molar-refractivity contribution in [2.24, 2.45) is 0 Å². The number of hydrogen-bond donors (Lipinski definition) is 2. The minimum atomic E-state index is -0.934. The highest BCUT2D eigenvalue weighted by Crippen LogP contribution is 2.26. The van der Waals surface area contributed by atoms with E-state index in [9.17, 15) is 14.4 Å². The van der Waals surface area contributed by atoms with Crippen molar-refractivity contribution in [1.29, 1.82) is 0 Å². The van der Waals surface area contributed by atoms with Gasteiger partial charge < -0.3 is 10.1 Å². The molecule has 1 unspecified atom stereocenters. The van der Waals surface area contributed by atoms with Crippen LogP contribution in [-0.2, 0) is 14.3 Å². The second kappa shape index (κ2) is 6.91. The fourth-order valence-corrected chi connectivity index (χ4v) is 2.88. The van der Waals surface area contributed by atoms with E-state index < -0.39 is 17.6 Å². The highest BCUT2D eigenvalue weighted by Gasteiger charge is 2.41. The molecule has 1 aliphatic heterocycles. The first-order valence-electron chi connectivity index (χ1n) is 7.76. The Labute approximate surface area is 135 Å². The molecule has 1 aliphatic rings. The van der Waals surface area contributed by atoms with Crippen LogP contribution in [0.4, 0.5) is 5.69 Å². The Bertz CT molecular complexity index is 623. The molecule has 0 bridgehead atoms. The van der Waals surface area contributed by atoms with Gasteiger partial charge in [0.2, 0.25) is 5.91 Å². The number of methoxy groups -OCH3 is 1. The van der Waals surface area contributed by atoms with Crippen molar-refractivity contribution in [3.05, 3.63) is 29.8 Å². The van der Waals surface area contributed by atoms with Gasteiger partial charge >= 0.3 is 5.97 Å². The normalized spacial score (nSPS) is 20.6. The molecule has 23 heavy (non-hydrogen) atoms. The van der Waals surface area contributed by atoms with Crippen molar-refractivity contribution in [1.82, 2.24) is 5.32 Å². The van der Waals surface area contributed by atoms with Gasteiger partial charge in [-0.15, -0.1) is 0 Å². The van der Waals surface area contributed by atoms with E-state index in [0.717, 1.165) is 0 Å². The van der Waals surface area contributed by atoms with Gasteiger partial charge in [-0.25, -0.2) is 0 Å². The zero-order valence-corrected chi connectivity index (χ0v) is 13.6. The summed E-state index contributed by atoms with van der Waals surface area (Å²) in [7, 11) is 1.27. The SMILES string of the molecule is CCC1(CC)NC(C(=O)OC)CC(=O)c2ccccc2NC1=O. The largest absolute Gasteiger partial charge is 0.468 e. The van der Waals surface area contributed by atoms with Gasteiger partial charge in [0, 0.05) is 12.0 Å². The first-order chi connectivity index (χ1) is 11.0. The van der Waals surface area contributed by atoms with Crippen molar-refractivity contribution < 1.29 is 19.1 Å². The number of para-hydroxylation sites is 1. The summed E-state index contributed by atoms with van der Waals surface area (Å²) >= 11 is 0. The van der Waals surface area contributed by atoms with Crippen LogP contribution in [0.1, 0.15) is 43.5 Å². The van der Waals surface area contributed by atoms with Gasteiger partial charge in [0.15, 0.2) is 5.78 Å². The third kappa shape index (κ3) is 3.27. The van der Waals surface area contributed by atoms with Crippen LogP contribution in [-0.4, -0.2) is 36.4 Å². The molecule has 1 heterocycles. The Balaban J connectivity index is 2.53. The van der Waals surface area contributed by atoms with Gasteiger partial charge in [0.05, 0.1) is 18.3 Å². The smallest absolute Gasteiger partial charge is 0.323 e. The van der Waals surface area contributed by atoms with Crippen LogP contribution in [0.5, 0.6) is 0 Å². The van der Waals surface area contributed by atoms with E-state index >= 15 is 0 Å².